The molecule has 0 aliphatic heterocycles. The van der Waals surface area contributed by atoms with Gasteiger partial charge in [-0.05, 0) is 53.6 Å². The van der Waals surface area contributed by atoms with Gasteiger partial charge >= 0.3 is 6.18 Å². The van der Waals surface area contributed by atoms with E-state index in [0.29, 0.717) is 41.8 Å². The zero-order valence-electron chi connectivity index (χ0n) is 19.6. The summed E-state index contributed by atoms with van der Waals surface area (Å²) < 4.78 is 38.6. The number of benzene rings is 2. The highest BCUT2D eigenvalue weighted by molar-refractivity contribution is 6.10. The number of aryl methyl sites for hydroxylation is 1. The second kappa shape index (κ2) is 8.46. The maximum atomic E-state index is 13.3. The highest BCUT2D eigenvalue weighted by atomic mass is 19.4. The quantitative estimate of drug-likeness (QED) is 0.479. The predicted octanol–water partition coefficient (Wildman–Crippen LogP) is 6.44. The summed E-state index contributed by atoms with van der Waals surface area (Å²) >= 11 is 0. The van der Waals surface area contributed by atoms with Crippen molar-refractivity contribution in [1.82, 2.24) is 9.88 Å². The molecule has 178 valence electrons. The van der Waals surface area contributed by atoms with Crippen LogP contribution in [-0.4, -0.2) is 28.6 Å². The molecule has 7 heteroatoms. The molecule has 0 spiro atoms. The van der Waals surface area contributed by atoms with Crippen LogP contribution in [-0.2, 0) is 19.1 Å². The Balaban J connectivity index is 1.56. The van der Waals surface area contributed by atoms with Crippen LogP contribution in [0.15, 0.2) is 48.5 Å². The largest absolute Gasteiger partial charge is 0.416 e. The molecule has 0 fully saturated rings. The number of hydrogen-bond donors (Lipinski definition) is 1. The third-order valence-corrected chi connectivity index (χ3v) is 6.29. The van der Waals surface area contributed by atoms with Gasteiger partial charge < -0.3 is 9.88 Å². The van der Waals surface area contributed by atoms with Crippen LogP contribution < -0.4 is 0 Å². The van der Waals surface area contributed by atoms with Gasteiger partial charge in [0.25, 0.3) is 5.91 Å². The summed E-state index contributed by atoms with van der Waals surface area (Å²) in [4.78, 5) is 31.0. The fourth-order valence-corrected chi connectivity index (χ4v) is 4.70. The number of rotatable bonds is 4. The molecule has 34 heavy (non-hydrogen) atoms. The lowest BCUT2D eigenvalue weighted by atomic mass is 9.75. The minimum atomic E-state index is -4.38. The molecule has 0 saturated heterocycles. The Morgan fingerprint density at radius 3 is 2.38 bits per heavy atom. The van der Waals surface area contributed by atoms with Crippen molar-refractivity contribution in [2.24, 2.45) is 5.41 Å². The zero-order valence-corrected chi connectivity index (χ0v) is 19.6. The van der Waals surface area contributed by atoms with Crippen molar-refractivity contribution in [3.8, 4) is 11.1 Å². The van der Waals surface area contributed by atoms with E-state index in [9.17, 15) is 22.8 Å². The number of nitrogens with zero attached hydrogens (tertiary/aromatic N) is 1. The molecule has 1 aliphatic carbocycles. The molecule has 3 aromatic rings. The Kier molecular flexibility index (Phi) is 5.92. The van der Waals surface area contributed by atoms with Gasteiger partial charge in [-0.1, -0.05) is 44.2 Å². The summed E-state index contributed by atoms with van der Waals surface area (Å²) in [6.07, 6.45) is -3.27. The molecule has 2 aromatic carbocycles. The van der Waals surface area contributed by atoms with E-state index >= 15 is 0 Å². The highest BCUT2D eigenvalue weighted by Gasteiger charge is 2.37. The number of carbonyl (C=O) groups excluding carboxylic acids is 2. The van der Waals surface area contributed by atoms with Gasteiger partial charge in [0.2, 0.25) is 0 Å². The van der Waals surface area contributed by atoms with Crippen LogP contribution in [0.25, 0.3) is 11.1 Å². The first-order chi connectivity index (χ1) is 15.9. The summed E-state index contributed by atoms with van der Waals surface area (Å²) in [7, 11) is 1.68. The van der Waals surface area contributed by atoms with Crippen molar-refractivity contribution in [3.63, 3.8) is 0 Å². The van der Waals surface area contributed by atoms with Crippen LogP contribution in [0.1, 0.15) is 63.5 Å². The fraction of sp³-hybridized carbons (Fsp3) is 0.333. The summed E-state index contributed by atoms with van der Waals surface area (Å²) in [6.45, 7) is 6.19. The molecule has 0 atom stereocenters. The molecule has 1 heterocycles. The van der Waals surface area contributed by atoms with Crippen molar-refractivity contribution in [1.29, 1.82) is 0 Å². The lowest BCUT2D eigenvalue weighted by Gasteiger charge is -2.28. The second-order valence-corrected chi connectivity index (χ2v) is 9.86. The standard InChI is InChI=1S/C27H27F3N2O2/c1-16-23(24-21(31-16)13-26(2,3)14-22(24)33)25(34)32(4)15-17-6-5-7-19(12-17)18-8-10-20(11-9-18)27(28,29)30/h5-12,31H,13-15H2,1-4H3. The average molecular weight is 469 g/mol. The van der Waals surface area contributed by atoms with Gasteiger partial charge in [0.05, 0.1) is 16.7 Å². The number of ketones is 1. The smallest absolute Gasteiger partial charge is 0.361 e. The summed E-state index contributed by atoms with van der Waals surface area (Å²) in [6, 6.07) is 12.4. The van der Waals surface area contributed by atoms with Crippen LogP contribution in [0, 0.1) is 12.3 Å². The van der Waals surface area contributed by atoms with E-state index in [1.807, 2.05) is 45.0 Å². The number of hydrogen-bond acceptors (Lipinski definition) is 2. The van der Waals surface area contributed by atoms with E-state index in [-0.39, 0.29) is 17.1 Å². The van der Waals surface area contributed by atoms with Gasteiger partial charge in [-0.2, -0.15) is 13.2 Å². The van der Waals surface area contributed by atoms with Crippen LogP contribution >= 0.6 is 0 Å². The van der Waals surface area contributed by atoms with Gasteiger partial charge in [-0.15, -0.1) is 0 Å². The van der Waals surface area contributed by atoms with Gasteiger partial charge in [-0.3, -0.25) is 9.59 Å². The first-order valence-corrected chi connectivity index (χ1v) is 11.1. The Hall–Kier alpha value is -3.35. The van der Waals surface area contributed by atoms with E-state index in [2.05, 4.69) is 4.98 Å². The number of amides is 1. The molecule has 0 saturated carbocycles. The van der Waals surface area contributed by atoms with Crippen molar-refractivity contribution < 1.29 is 22.8 Å². The van der Waals surface area contributed by atoms with Crippen molar-refractivity contribution in [3.05, 3.63) is 82.2 Å². The lowest BCUT2D eigenvalue weighted by Crippen LogP contribution is -2.31. The normalized spacial score (nSPS) is 15.2. The first kappa shape index (κ1) is 23.8. The fourth-order valence-electron chi connectivity index (χ4n) is 4.70. The Bertz CT molecular complexity index is 1250. The molecule has 0 unspecified atom stereocenters. The summed E-state index contributed by atoms with van der Waals surface area (Å²) in [5.74, 6) is -0.250. The summed E-state index contributed by atoms with van der Waals surface area (Å²) in [5, 5.41) is 0. The van der Waals surface area contributed by atoms with Crippen molar-refractivity contribution in [2.75, 3.05) is 7.05 Å². The van der Waals surface area contributed by atoms with Gasteiger partial charge in [-0.25, -0.2) is 0 Å². The first-order valence-electron chi connectivity index (χ1n) is 11.1. The van der Waals surface area contributed by atoms with E-state index in [1.54, 1.807) is 11.9 Å². The van der Waals surface area contributed by atoms with E-state index in [1.165, 1.54) is 12.1 Å². The van der Waals surface area contributed by atoms with Crippen LogP contribution in [0.2, 0.25) is 0 Å². The topological polar surface area (TPSA) is 53.2 Å². The molecular formula is C27H27F3N2O2. The molecule has 4 nitrogen and oxygen atoms in total. The third kappa shape index (κ3) is 4.65. The average Bonchev–Trinajstić information content (AvgIpc) is 3.07. The number of aromatic nitrogens is 1. The monoisotopic (exact) mass is 468 g/mol. The Labute approximate surface area is 196 Å². The molecule has 1 N–H and O–H groups in total. The molecule has 0 bridgehead atoms. The number of aromatic amines is 1. The second-order valence-electron chi connectivity index (χ2n) is 9.86. The van der Waals surface area contributed by atoms with Gasteiger partial charge in [0, 0.05) is 31.4 Å². The van der Waals surface area contributed by atoms with E-state index in [0.717, 1.165) is 29.0 Å². The number of H-pyrrole nitrogens is 1. The number of carbonyl (C=O) groups is 2. The van der Waals surface area contributed by atoms with Gasteiger partial charge in [0.15, 0.2) is 5.78 Å². The molecular weight excluding hydrogens is 441 g/mol. The zero-order chi connectivity index (χ0) is 24.8. The van der Waals surface area contributed by atoms with Gasteiger partial charge in [0.1, 0.15) is 0 Å². The van der Waals surface area contributed by atoms with Crippen LogP contribution in [0.5, 0.6) is 0 Å². The number of alkyl halides is 3. The number of nitrogens with one attached hydrogen (secondary N) is 1. The molecule has 1 aliphatic rings. The van der Waals surface area contributed by atoms with E-state index < -0.39 is 11.7 Å². The SMILES string of the molecule is Cc1[nH]c2c(c1C(=O)N(C)Cc1cccc(-c3ccc(C(F)(F)F)cc3)c1)C(=O)CC(C)(C)C2. The molecule has 4 rings (SSSR count). The minimum absolute atomic E-state index is 0.0170. The number of Topliss-reactive ketones (excluding diaryl/α,β-unsaturated/α-hetero) is 1. The van der Waals surface area contributed by atoms with E-state index in [4.69, 9.17) is 0 Å². The van der Waals surface area contributed by atoms with Crippen LogP contribution in [0.4, 0.5) is 13.2 Å². The number of halogens is 3. The minimum Gasteiger partial charge on any atom is -0.361 e. The Morgan fingerprint density at radius 1 is 1.06 bits per heavy atom. The third-order valence-electron chi connectivity index (χ3n) is 6.29. The van der Waals surface area contributed by atoms with Crippen LogP contribution in [0.3, 0.4) is 0 Å². The predicted molar refractivity (Wildman–Crippen MR) is 125 cm³/mol. The lowest BCUT2D eigenvalue weighted by molar-refractivity contribution is -0.137. The highest BCUT2D eigenvalue weighted by Crippen LogP contribution is 2.37. The van der Waals surface area contributed by atoms with Crippen molar-refractivity contribution >= 4 is 11.7 Å². The summed E-state index contributed by atoms with van der Waals surface area (Å²) in [5.41, 5.74) is 3.86. The molecule has 1 amide bonds. The number of fused-ring (bicyclic) bond motifs is 1. The maximum absolute atomic E-state index is 13.3. The molecule has 0 radical (unpaired) electrons. The molecule has 1 aromatic heterocycles. The Morgan fingerprint density at radius 2 is 1.74 bits per heavy atom. The van der Waals surface area contributed by atoms with Crippen molar-refractivity contribution in [2.45, 2.75) is 46.3 Å². The maximum Gasteiger partial charge on any atom is 0.416 e.